The molecule has 0 unspecified atom stereocenters. The number of nitrogens with zero attached hydrogens (tertiary/aromatic N) is 3. The topological polar surface area (TPSA) is 75.9 Å². The summed E-state index contributed by atoms with van der Waals surface area (Å²) in [5.74, 6) is -0.0794. The summed E-state index contributed by atoms with van der Waals surface area (Å²) in [6, 6.07) is 12.2. The lowest BCUT2D eigenvalue weighted by molar-refractivity contribution is -0.137. The van der Waals surface area contributed by atoms with Crippen molar-refractivity contribution in [1.29, 1.82) is 0 Å². The van der Waals surface area contributed by atoms with Crippen molar-refractivity contribution in [3.8, 4) is 0 Å². The van der Waals surface area contributed by atoms with Crippen LogP contribution in [-0.4, -0.2) is 58.6 Å². The van der Waals surface area contributed by atoms with E-state index in [1.54, 1.807) is 6.07 Å². The first-order valence-electron chi connectivity index (χ1n) is 12.3. The molecule has 3 aliphatic rings. The predicted octanol–water partition coefficient (Wildman–Crippen LogP) is 4.27. The quantitative estimate of drug-likeness (QED) is 0.561. The van der Waals surface area contributed by atoms with Crippen molar-refractivity contribution >= 4 is 22.8 Å². The maximum atomic E-state index is 13.5. The van der Waals surface area contributed by atoms with Gasteiger partial charge in [-0.15, -0.1) is 0 Å². The van der Waals surface area contributed by atoms with Gasteiger partial charge >= 0.3 is 0 Å². The molecule has 3 aromatic rings. The number of piperidine rings is 1. The second-order valence-electron chi connectivity index (χ2n) is 9.93. The molecule has 6 rings (SSSR count). The van der Waals surface area contributed by atoms with E-state index in [-0.39, 0.29) is 23.5 Å². The predicted molar refractivity (Wildman–Crippen MR) is 126 cm³/mol. The van der Waals surface area contributed by atoms with Crippen LogP contribution in [0.2, 0.25) is 0 Å². The number of benzene rings is 2. The average molecular weight is 478 g/mol. The third-order valence-electron chi connectivity index (χ3n) is 7.99. The van der Waals surface area contributed by atoms with Crippen molar-refractivity contribution in [3.63, 3.8) is 0 Å². The van der Waals surface area contributed by atoms with E-state index >= 15 is 0 Å². The summed E-state index contributed by atoms with van der Waals surface area (Å²) in [7, 11) is 0. The van der Waals surface area contributed by atoms with Crippen LogP contribution in [0.5, 0.6) is 0 Å². The number of likely N-dealkylation sites (tertiary alicyclic amines) is 1. The molecule has 0 spiro atoms. The highest BCUT2D eigenvalue weighted by Crippen LogP contribution is 2.39. The van der Waals surface area contributed by atoms with Gasteiger partial charge in [0, 0.05) is 55.8 Å². The second-order valence-corrected chi connectivity index (χ2v) is 9.93. The van der Waals surface area contributed by atoms with Crippen LogP contribution in [0.4, 0.5) is 4.39 Å². The number of hydrogen-bond donors (Lipinski definition) is 0. The van der Waals surface area contributed by atoms with Gasteiger partial charge in [0.15, 0.2) is 5.58 Å². The van der Waals surface area contributed by atoms with Crippen molar-refractivity contribution in [2.45, 2.75) is 50.1 Å². The molecule has 0 N–H and O–H groups in total. The van der Waals surface area contributed by atoms with Crippen LogP contribution < -0.4 is 0 Å². The molecule has 0 bridgehead atoms. The maximum absolute atomic E-state index is 13.5. The number of fused-ring (bicyclic) bond motifs is 2. The summed E-state index contributed by atoms with van der Waals surface area (Å²) < 4.78 is 24.5. The van der Waals surface area contributed by atoms with E-state index in [0.29, 0.717) is 57.7 Å². The molecule has 3 aliphatic heterocycles. The zero-order valence-corrected chi connectivity index (χ0v) is 19.5. The van der Waals surface area contributed by atoms with Crippen LogP contribution in [0.1, 0.15) is 59.6 Å². The van der Waals surface area contributed by atoms with Gasteiger partial charge < -0.3 is 19.1 Å². The first-order chi connectivity index (χ1) is 17.0. The van der Waals surface area contributed by atoms with Crippen LogP contribution in [0, 0.1) is 5.82 Å². The van der Waals surface area contributed by atoms with Crippen molar-refractivity contribution in [3.05, 3.63) is 65.1 Å². The van der Waals surface area contributed by atoms with Gasteiger partial charge in [0.25, 0.3) is 5.91 Å². The Labute approximate surface area is 202 Å². The number of rotatable bonds is 4. The van der Waals surface area contributed by atoms with Crippen LogP contribution in [0.25, 0.3) is 11.0 Å². The normalized spacial score (nSPS) is 20.4. The molecule has 2 saturated heterocycles. The van der Waals surface area contributed by atoms with Crippen LogP contribution in [-0.2, 0) is 16.1 Å². The number of amides is 2. The molecular weight excluding hydrogens is 449 g/mol. The SMILES string of the molecule is O=C(CC1(N2Cc3ccccc3C2=O)CCOCC1)N1CCC(c2noc3cc(F)ccc23)CC1. The Hall–Kier alpha value is -3.26. The van der Waals surface area contributed by atoms with E-state index < -0.39 is 5.54 Å². The molecule has 4 heterocycles. The summed E-state index contributed by atoms with van der Waals surface area (Å²) in [4.78, 5) is 30.6. The van der Waals surface area contributed by atoms with Gasteiger partial charge in [-0.05, 0) is 49.4 Å². The van der Waals surface area contributed by atoms with Crippen molar-refractivity contribution < 1.29 is 23.2 Å². The molecule has 0 radical (unpaired) electrons. The number of aromatic nitrogens is 1. The Balaban J connectivity index is 1.16. The Kier molecular flexibility index (Phi) is 5.56. The van der Waals surface area contributed by atoms with Crippen LogP contribution in [0.15, 0.2) is 47.0 Å². The summed E-state index contributed by atoms with van der Waals surface area (Å²) in [6.45, 7) is 2.90. The molecule has 2 fully saturated rings. The molecule has 1 aromatic heterocycles. The fourth-order valence-electron chi connectivity index (χ4n) is 5.95. The molecule has 0 saturated carbocycles. The molecule has 2 amide bonds. The number of hydrogen-bond acceptors (Lipinski definition) is 5. The number of ether oxygens (including phenoxy) is 1. The van der Waals surface area contributed by atoms with E-state index in [9.17, 15) is 14.0 Å². The molecule has 0 aliphatic carbocycles. The monoisotopic (exact) mass is 477 g/mol. The number of carbonyl (C=O) groups excluding carboxylic acids is 2. The fraction of sp³-hybridized carbons (Fsp3) is 0.444. The average Bonchev–Trinajstić information content (AvgIpc) is 3.46. The Morgan fingerprint density at radius 2 is 1.89 bits per heavy atom. The zero-order valence-electron chi connectivity index (χ0n) is 19.5. The van der Waals surface area contributed by atoms with Crippen molar-refractivity contribution in [2.24, 2.45) is 0 Å². The number of halogens is 1. The van der Waals surface area contributed by atoms with Gasteiger partial charge in [-0.3, -0.25) is 9.59 Å². The van der Waals surface area contributed by atoms with Gasteiger partial charge in [-0.25, -0.2) is 4.39 Å². The molecule has 35 heavy (non-hydrogen) atoms. The standard InChI is InChI=1S/C27H28FN3O4/c28-20-5-6-22-23(15-20)35-29-25(22)18-7-11-30(12-8-18)24(32)16-27(9-13-34-14-10-27)31-17-19-3-1-2-4-21(19)26(31)33/h1-6,15,18H,7-14,16-17H2. The lowest BCUT2D eigenvalue weighted by Crippen LogP contribution is -2.55. The summed E-state index contributed by atoms with van der Waals surface area (Å²) in [5, 5.41) is 5.05. The van der Waals surface area contributed by atoms with E-state index in [4.69, 9.17) is 9.26 Å². The minimum Gasteiger partial charge on any atom is -0.381 e. The molecule has 8 heteroatoms. The van der Waals surface area contributed by atoms with E-state index in [1.165, 1.54) is 12.1 Å². The third-order valence-corrected chi connectivity index (χ3v) is 7.99. The minimum absolute atomic E-state index is 0.0170. The van der Waals surface area contributed by atoms with Gasteiger partial charge in [0.2, 0.25) is 5.91 Å². The maximum Gasteiger partial charge on any atom is 0.254 e. The van der Waals surface area contributed by atoms with Crippen molar-refractivity contribution in [1.82, 2.24) is 15.0 Å². The first kappa shape index (κ1) is 22.2. The second kappa shape index (κ2) is 8.75. The smallest absolute Gasteiger partial charge is 0.254 e. The Morgan fingerprint density at radius 1 is 1.11 bits per heavy atom. The largest absolute Gasteiger partial charge is 0.381 e. The molecule has 182 valence electrons. The Morgan fingerprint density at radius 3 is 2.66 bits per heavy atom. The van der Waals surface area contributed by atoms with Crippen LogP contribution >= 0.6 is 0 Å². The highest BCUT2D eigenvalue weighted by Gasteiger charge is 2.46. The van der Waals surface area contributed by atoms with Gasteiger partial charge in [0.1, 0.15) is 5.82 Å². The molecule has 2 aromatic carbocycles. The van der Waals surface area contributed by atoms with E-state index in [0.717, 1.165) is 35.0 Å². The van der Waals surface area contributed by atoms with Crippen LogP contribution in [0.3, 0.4) is 0 Å². The summed E-state index contributed by atoms with van der Waals surface area (Å²) in [5.41, 5.74) is 2.54. The molecular formula is C27H28FN3O4. The Bertz CT molecular complexity index is 1270. The van der Waals surface area contributed by atoms with Gasteiger partial charge in [-0.2, -0.15) is 0 Å². The van der Waals surface area contributed by atoms with Gasteiger partial charge in [0.05, 0.1) is 17.7 Å². The minimum atomic E-state index is -0.519. The first-order valence-corrected chi connectivity index (χ1v) is 12.3. The number of carbonyl (C=O) groups is 2. The molecule has 0 atom stereocenters. The van der Waals surface area contributed by atoms with Gasteiger partial charge in [-0.1, -0.05) is 23.4 Å². The van der Waals surface area contributed by atoms with E-state index in [1.807, 2.05) is 34.1 Å². The molecule has 7 nitrogen and oxygen atoms in total. The van der Waals surface area contributed by atoms with E-state index in [2.05, 4.69) is 5.16 Å². The lowest BCUT2D eigenvalue weighted by atomic mass is 9.83. The lowest BCUT2D eigenvalue weighted by Gasteiger charge is -2.45. The summed E-state index contributed by atoms with van der Waals surface area (Å²) in [6.07, 6.45) is 3.18. The summed E-state index contributed by atoms with van der Waals surface area (Å²) >= 11 is 0. The fourth-order valence-corrected chi connectivity index (χ4v) is 5.95. The highest BCUT2D eigenvalue weighted by atomic mass is 19.1. The van der Waals surface area contributed by atoms with Crippen molar-refractivity contribution in [2.75, 3.05) is 26.3 Å². The highest BCUT2D eigenvalue weighted by molar-refractivity contribution is 5.99. The third kappa shape index (κ3) is 3.89. The zero-order chi connectivity index (χ0) is 24.0.